The van der Waals surface area contributed by atoms with Gasteiger partial charge in [0, 0.05) is 45.8 Å². The molecule has 2 saturated heterocycles. The van der Waals surface area contributed by atoms with E-state index in [1.807, 2.05) is 4.90 Å². The van der Waals surface area contributed by atoms with Crippen molar-refractivity contribution in [3.8, 4) is 0 Å². The molecule has 2 fully saturated rings. The first-order valence-electron chi connectivity index (χ1n) is 12.4. The minimum atomic E-state index is -0.985. The van der Waals surface area contributed by atoms with E-state index >= 15 is 0 Å². The second kappa shape index (κ2) is 10.5. The van der Waals surface area contributed by atoms with Crippen LogP contribution in [0.1, 0.15) is 35.1 Å². The maximum Gasteiger partial charge on any atom is 0.284 e. The highest BCUT2D eigenvalue weighted by molar-refractivity contribution is 5.92. The largest absolute Gasteiger partial charge is 0.365 e. The van der Waals surface area contributed by atoms with E-state index in [0.717, 1.165) is 0 Å². The second-order valence-electron chi connectivity index (χ2n) is 9.38. The zero-order valence-corrected chi connectivity index (χ0v) is 20.4. The Bertz CT molecular complexity index is 1370. The number of hydrogen-bond acceptors (Lipinski definition) is 7. The van der Waals surface area contributed by atoms with Crippen molar-refractivity contribution >= 4 is 22.6 Å². The van der Waals surface area contributed by atoms with Gasteiger partial charge in [0.2, 0.25) is 5.95 Å². The van der Waals surface area contributed by atoms with Gasteiger partial charge in [0.15, 0.2) is 5.82 Å². The molecule has 12 heteroatoms. The van der Waals surface area contributed by atoms with Crippen molar-refractivity contribution in [2.45, 2.75) is 32.5 Å². The number of nitrogens with one attached hydrogen (secondary N) is 2. The van der Waals surface area contributed by atoms with Gasteiger partial charge in [-0.25, -0.2) is 23.8 Å². The number of pyridine rings is 1. The van der Waals surface area contributed by atoms with Crippen LogP contribution in [-0.4, -0.2) is 76.2 Å². The standard InChI is InChI=1S/C25H28F3N7O2/c1-2-18-24(36)31-20-12-15(11-17(27)22(20)29-18)13-33-7-9-34(10-8-33)21-4-3-19(30-23(21)28)25(37)32-35-6-5-16(26)14-35/h3-4,11-12,16H,2,5-10,13-14H2,1H3,(H,31,36)(H,32,37). The van der Waals surface area contributed by atoms with E-state index in [2.05, 4.69) is 25.3 Å². The predicted molar refractivity (Wildman–Crippen MR) is 132 cm³/mol. The van der Waals surface area contributed by atoms with Crippen LogP contribution < -0.4 is 15.9 Å². The molecule has 2 aliphatic heterocycles. The number of hydrazine groups is 1. The zero-order valence-electron chi connectivity index (χ0n) is 20.4. The van der Waals surface area contributed by atoms with E-state index in [1.165, 1.54) is 23.2 Å². The van der Waals surface area contributed by atoms with Gasteiger partial charge in [0.1, 0.15) is 23.1 Å². The van der Waals surface area contributed by atoms with Crippen LogP contribution in [0.5, 0.6) is 0 Å². The fourth-order valence-electron chi connectivity index (χ4n) is 4.79. The number of piperazine rings is 1. The van der Waals surface area contributed by atoms with Crippen molar-refractivity contribution in [1.82, 2.24) is 30.3 Å². The van der Waals surface area contributed by atoms with Crippen LogP contribution in [0.4, 0.5) is 18.9 Å². The molecule has 1 atom stereocenters. The first kappa shape index (κ1) is 25.2. The molecule has 5 rings (SSSR count). The molecule has 0 bridgehead atoms. The summed E-state index contributed by atoms with van der Waals surface area (Å²) in [6, 6.07) is 6.16. The summed E-state index contributed by atoms with van der Waals surface area (Å²) in [6.07, 6.45) is -0.219. The predicted octanol–water partition coefficient (Wildman–Crippen LogP) is 2.17. The smallest absolute Gasteiger partial charge is 0.284 e. The van der Waals surface area contributed by atoms with E-state index in [1.54, 1.807) is 13.0 Å². The first-order valence-corrected chi connectivity index (χ1v) is 12.4. The number of rotatable bonds is 6. The topological polar surface area (TPSA) is 97.5 Å². The molecule has 1 unspecified atom stereocenters. The molecule has 2 aliphatic rings. The lowest BCUT2D eigenvalue weighted by Crippen LogP contribution is -2.46. The lowest BCUT2D eigenvalue weighted by atomic mass is 10.1. The molecule has 1 amide bonds. The number of amides is 1. The van der Waals surface area contributed by atoms with Crippen molar-refractivity contribution in [2.24, 2.45) is 0 Å². The quantitative estimate of drug-likeness (QED) is 0.486. The van der Waals surface area contributed by atoms with Crippen molar-refractivity contribution in [3.05, 3.63) is 63.3 Å². The van der Waals surface area contributed by atoms with Crippen LogP contribution in [0.15, 0.2) is 29.1 Å². The van der Waals surface area contributed by atoms with E-state index in [9.17, 15) is 22.8 Å². The second-order valence-corrected chi connectivity index (χ2v) is 9.38. The van der Waals surface area contributed by atoms with Crippen LogP contribution in [0.3, 0.4) is 0 Å². The number of halogens is 3. The zero-order chi connectivity index (χ0) is 26.1. The third kappa shape index (κ3) is 5.44. The number of carbonyl (C=O) groups excluding carboxylic acids is 1. The first-order chi connectivity index (χ1) is 17.8. The summed E-state index contributed by atoms with van der Waals surface area (Å²) in [5.74, 6) is -1.80. The Hall–Kier alpha value is -3.51. The molecule has 0 radical (unpaired) electrons. The number of aromatic nitrogens is 3. The molecule has 37 heavy (non-hydrogen) atoms. The highest BCUT2D eigenvalue weighted by Crippen LogP contribution is 2.22. The Morgan fingerprint density at radius 3 is 2.59 bits per heavy atom. The highest BCUT2D eigenvalue weighted by Gasteiger charge is 2.25. The van der Waals surface area contributed by atoms with Crippen LogP contribution in [-0.2, 0) is 13.0 Å². The summed E-state index contributed by atoms with van der Waals surface area (Å²) in [6.45, 7) is 5.01. The fourth-order valence-corrected chi connectivity index (χ4v) is 4.79. The van der Waals surface area contributed by atoms with Gasteiger partial charge in [0.25, 0.3) is 11.5 Å². The lowest BCUT2D eigenvalue weighted by Gasteiger charge is -2.36. The van der Waals surface area contributed by atoms with Gasteiger partial charge in [-0.15, -0.1) is 0 Å². The molecule has 4 heterocycles. The Balaban J connectivity index is 1.20. The molecule has 196 valence electrons. The maximum absolute atomic E-state index is 14.8. The molecule has 2 aromatic heterocycles. The minimum Gasteiger partial charge on any atom is -0.365 e. The molecular formula is C25H28F3N7O2. The summed E-state index contributed by atoms with van der Waals surface area (Å²) in [4.78, 5) is 39.1. The van der Waals surface area contributed by atoms with E-state index in [0.29, 0.717) is 74.6 Å². The van der Waals surface area contributed by atoms with Gasteiger partial charge in [0.05, 0.1) is 11.2 Å². The maximum atomic E-state index is 14.8. The molecular weight excluding hydrogens is 487 g/mol. The summed E-state index contributed by atoms with van der Waals surface area (Å²) in [5, 5.41) is 1.47. The summed E-state index contributed by atoms with van der Waals surface area (Å²) < 4.78 is 42.8. The molecule has 0 spiro atoms. The summed E-state index contributed by atoms with van der Waals surface area (Å²) >= 11 is 0. The van der Waals surface area contributed by atoms with Crippen LogP contribution in [0.2, 0.25) is 0 Å². The number of carbonyl (C=O) groups is 1. The average Bonchev–Trinajstić information content (AvgIpc) is 3.28. The number of aryl methyl sites for hydroxylation is 1. The number of hydrogen-bond donors (Lipinski definition) is 2. The number of H-pyrrole nitrogens is 1. The molecule has 2 N–H and O–H groups in total. The fraction of sp³-hybridized carbons (Fsp3) is 0.440. The van der Waals surface area contributed by atoms with Gasteiger partial charge < -0.3 is 9.88 Å². The summed E-state index contributed by atoms with van der Waals surface area (Å²) in [5.41, 5.74) is 3.99. The summed E-state index contributed by atoms with van der Waals surface area (Å²) in [7, 11) is 0. The van der Waals surface area contributed by atoms with Gasteiger partial charge in [-0.2, -0.15) is 4.39 Å². The Morgan fingerprint density at radius 1 is 1.14 bits per heavy atom. The van der Waals surface area contributed by atoms with Gasteiger partial charge in [-0.1, -0.05) is 6.92 Å². The number of fused-ring (bicyclic) bond motifs is 1. The van der Waals surface area contributed by atoms with E-state index in [4.69, 9.17) is 0 Å². The molecule has 0 aliphatic carbocycles. The molecule has 0 saturated carbocycles. The normalized spacial score (nSPS) is 19.0. The number of nitrogens with zero attached hydrogens (tertiary/aromatic N) is 5. The Morgan fingerprint density at radius 2 is 1.92 bits per heavy atom. The third-order valence-corrected chi connectivity index (χ3v) is 6.79. The third-order valence-electron chi connectivity index (χ3n) is 6.79. The van der Waals surface area contributed by atoms with Gasteiger partial charge >= 0.3 is 0 Å². The molecule has 3 aromatic rings. The highest BCUT2D eigenvalue weighted by atomic mass is 19.1. The van der Waals surface area contributed by atoms with Crippen LogP contribution >= 0.6 is 0 Å². The minimum absolute atomic E-state index is 0.0703. The van der Waals surface area contributed by atoms with Crippen molar-refractivity contribution < 1.29 is 18.0 Å². The van der Waals surface area contributed by atoms with Crippen LogP contribution in [0.25, 0.3) is 11.0 Å². The molecule has 9 nitrogen and oxygen atoms in total. The van der Waals surface area contributed by atoms with E-state index < -0.39 is 23.8 Å². The van der Waals surface area contributed by atoms with Crippen LogP contribution in [0, 0.1) is 11.8 Å². The van der Waals surface area contributed by atoms with Gasteiger partial charge in [-0.05, 0) is 42.7 Å². The number of alkyl halides is 1. The van der Waals surface area contributed by atoms with Crippen molar-refractivity contribution in [2.75, 3.05) is 44.2 Å². The van der Waals surface area contributed by atoms with Crippen molar-refractivity contribution in [1.29, 1.82) is 0 Å². The lowest BCUT2D eigenvalue weighted by molar-refractivity contribution is 0.0811. The number of aromatic amines is 1. The Labute approximate surface area is 211 Å². The average molecular weight is 516 g/mol. The van der Waals surface area contributed by atoms with E-state index in [-0.39, 0.29) is 23.3 Å². The monoisotopic (exact) mass is 515 g/mol. The SMILES string of the molecule is CCc1nc2c(F)cc(CN3CCN(c4ccc(C(=O)NN5CCC(F)C5)nc4F)CC3)cc2[nH]c1=O. The molecule has 1 aromatic carbocycles. The van der Waals surface area contributed by atoms with Crippen molar-refractivity contribution in [3.63, 3.8) is 0 Å². The van der Waals surface area contributed by atoms with Gasteiger partial charge in [-0.3, -0.25) is 19.9 Å². The number of anilines is 1. The number of benzene rings is 1. The Kier molecular flexibility index (Phi) is 7.11.